The van der Waals surface area contributed by atoms with Crippen LogP contribution in [0.15, 0.2) is 42.5 Å². The highest BCUT2D eigenvalue weighted by atomic mass is 32.2. The number of carbonyl (C=O) groups is 1. The fourth-order valence-electron chi connectivity index (χ4n) is 3.83. The first-order chi connectivity index (χ1) is 17.3. The van der Waals surface area contributed by atoms with E-state index in [2.05, 4.69) is 57.8 Å². The highest BCUT2D eigenvalue weighted by molar-refractivity contribution is 7.92. The van der Waals surface area contributed by atoms with Gasteiger partial charge >= 0.3 is 5.97 Å². The average Bonchev–Trinajstić information content (AvgIpc) is 2.76. The maximum atomic E-state index is 11.8. The maximum absolute atomic E-state index is 11.8. The predicted octanol–water partition coefficient (Wildman–Crippen LogP) is 5.15. The number of hydrogen-bond acceptors (Lipinski definition) is 7. The second-order valence-corrected chi connectivity index (χ2v) is 18.5. The molecule has 0 aliphatic carbocycles. The molecule has 212 valence electrons. The third-order valence-electron chi connectivity index (χ3n) is 6.91. The Labute approximate surface area is 229 Å². The van der Waals surface area contributed by atoms with E-state index in [1.807, 2.05) is 24.3 Å². The van der Waals surface area contributed by atoms with Crippen LogP contribution >= 0.6 is 0 Å². The molecular weight excluding hydrogens is 520 g/mol. The number of aromatic hydroxyl groups is 1. The number of rotatable bonds is 12. The largest absolute Gasteiger partial charge is 0.506 e. The Bertz CT molecular complexity index is 1220. The number of sulfonamides is 1. The Morgan fingerprint density at radius 3 is 2.26 bits per heavy atom. The third kappa shape index (κ3) is 9.72. The van der Waals surface area contributed by atoms with E-state index in [1.54, 1.807) is 12.1 Å². The zero-order valence-corrected chi connectivity index (χ0v) is 26.0. The Hall–Kier alpha value is -2.40. The number of phenols is 1. The predicted molar refractivity (Wildman–Crippen MR) is 156 cm³/mol. The number of benzene rings is 2. The van der Waals surface area contributed by atoms with Gasteiger partial charge in [0.05, 0.1) is 31.6 Å². The number of carbonyl (C=O) groups excluding carboxylic acids is 1. The minimum absolute atomic E-state index is 0.0361. The molecule has 0 aliphatic rings. The molecule has 0 saturated carbocycles. The quantitative estimate of drug-likeness (QED) is 0.186. The summed E-state index contributed by atoms with van der Waals surface area (Å²) < 4.78 is 37.7. The lowest BCUT2D eigenvalue weighted by Gasteiger charge is -2.40. The van der Waals surface area contributed by atoms with E-state index in [1.165, 1.54) is 13.2 Å². The Kier molecular flexibility index (Phi) is 10.2. The lowest BCUT2D eigenvalue weighted by molar-refractivity contribution is -0.139. The lowest BCUT2D eigenvalue weighted by Crippen LogP contribution is -2.47. The first-order valence-corrected chi connectivity index (χ1v) is 17.5. The van der Waals surface area contributed by atoms with Gasteiger partial charge in [-0.2, -0.15) is 0 Å². The summed E-state index contributed by atoms with van der Waals surface area (Å²) in [6.07, 6.45) is 1.62. The molecule has 2 aromatic rings. The van der Waals surface area contributed by atoms with Crippen LogP contribution in [-0.4, -0.2) is 53.3 Å². The number of phenolic OH excluding ortho intramolecular Hbond substituents is 1. The van der Waals surface area contributed by atoms with Crippen LogP contribution in [0.2, 0.25) is 18.1 Å². The highest BCUT2D eigenvalue weighted by Crippen LogP contribution is 2.40. The van der Waals surface area contributed by atoms with E-state index in [-0.39, 0.29) is 40.5 Å². The van der Waals surface area contributed by atoms with Crippen LogP contribution in [-0.2, 0) is 36.8 Å². The van der Waals surface area contributed by atoms with Crippen molar-refractivity contribution in [3.05, 3.63) is 59.2 Å². The molecule has 0 unspecified atom stereocenters. The summed E-state index contributed by atoms with van der Waals surface area (Å²) in [5, 5.41) is 13.9. The summed E-state index contributed by atoms with van der Waals surface area (Å²) in [7, 11) is -4.40. The van der Waals surface area contributed by atoms with Crippen LogP contribution < -0.4 is 10.0 Å². The fourth-order valence-corrected chi connectivity index (χ4v) is 5.67. The van der Waals surface area contributed by atoms with Crippen molar-refractivity contribution in [3.8, 4) is 5.75 Å². The minimum atomic E-state index is -3.57. The number of hydrogen-bond donors (Lipinski definition) is 3. The van der Waals surface area contributed by atoms with Crippen molar-refractivity contribution in [2.75, 3.05) is 24.6 Å². The van der Waals surface area contributed by atoms with Crippen molar-refractivity contribution in [2.45, 2.75) is 77.2 Å². The summed E-state index contributed by atoms with van der Waals surface area (Å²) in [6, 6.07) is 12.8. The van der Waals surface area contributed by atoms with Gasteiger partial charge in [0.1, 0.15) is 5.75 Å². The monoisotopic (exact) mass is 564 g/mol. The van der Waals surface area contributed by atoms with Gasteiger partial charge in [0.2, 0.25) is 10.0 Å². The molecule has 0 aliphatic heterocycles. The summed E-state index contributed by atoms with van der Waals surface area (Å²) in [4.78, 5) is 11.7. The zero-order chi connectivity index (χ0) is 28.9. The van der Waals surface area contributed by atoms with Crippen LogP contribution in [0, 0.1) is 0 Å². The van der Waals surface area contributed by atoms with Crippen LogP contribution in [0.5, 0.6) is 5.75 Å². The van der Waals surface area contributed by atoms with Crippen molar-refractivity contribution in [3.63, 3.8) is 0 Å². The molecule has 2 rings (SSSR count). The molecule has 0 fully saturated rings. The molecule has 8 nitrogen and oxygen atoms in total. The summed E-state index contributed by atoms with van der Waals surface area (Å²) >= 11 is 0. The van der Waals surface area contributed by atoms with Crippen molar-refractivity contribution in [1.82, 2.24) is 5.32 Å². The van der Waals surface area contributed by atoms with Crippen molar-refractivity contribution >= 4 is 30.0 Å². The first kappa shape index (κ1) is 31.8. The van der Waals surface area contributed by atoms with Gasteiger partial charge < -0.3 is 19.6 Å². The molecule has 0 radical (unpaired) electrons. The molecule has 0 heterocycles. The summed E-state index contributed by atoms with van der Waals surface area (Å²) in [5.74, 6) is -0.422. The number of methoxy groups -OCH3 is 1. The van der Waals surface area contributed by atoms with E-state index in [9.17, 15) is 18.3 Å². The molecule has 0 spiro atoms. The topological polar surface area (TPSA) is 114 Å². The fraction of sp³-hybridized carbons (Fsp3) is 0.536. The van der Waals surface area contributed by atoms with Crippen molar-refractivity contribution in [2.24, 2.45) is 0 Å². The minimum Gasteiger partial charge on any atom is -0.506 e. The molecule has 10 heteroatoms. The summed E-state index contributed by atoms with van der Waals surface area (Å²) in [5.41, 5.74) is 2.57. The van der Waals surface area contributed by atoms with Gasteiger partial charge in [-0.1, -0.05) is 51.1 Å². The Balaban J connectivity index is 2.31. The molecular formula is C28H44N2O6SSi. The van der Waals surface area contributed by atoms with E-state index < -0.39 is 18.3 Å². The van der Waals surface area contributed by atoms with E-state index in [0.717, 1.165) is 22.9 Å². The van der Waals surface area contributed by atoms with Crippen LogP contribution in [0.3, 0.4) is 0 Å². The van der Waals surface area contributed by atoms with Gasteiger partial charge in [-0.25, -0.2) is 8.42 Å². The summed E-state index contributed by atoms with van der Waals surface area (Å²) in [6.45, 7) is 15.5. The first-order valence-electron chi connectivity index (χ1n) is 12.7. The number of esters is 1. The van der Waals surface area contributed by atoms with Gasteiger partial charge in [0.15, 0.2) is 8.32 Å². The highest BCUT2D eigenvalue weighted by Gasteiger charge is 2.40. The zero-order valence-electron chi connectivity index (χ0n) is 24.1. The molecule has 0 bridgehead atoms. The standard InChI is InChI=1S/C28H44N2O6SSi/c1-27(2,3)38(8,9)36-25(22-13-14-24(31)23(17-22)30-37(7,33)34)19-29-28(4,5)18-21-12-10-11-20(15-21)16-26(32)35-6/h10-15,17,25,29-31H,16,18-19H2,1-9H3/t25-/m1/s1. The van der Waals surface area contributed by atoms with Gasteiger partial charge in [-0.05, 0) is 67.2 Å². The van der Waals surface area contributed by atoms with Gasteiger partial charge in [-0.15, -0.1) is 0 Å². The SMILES string of the molecule is COC(=O)Cc1cccc(CC(C)(C)NC[C@@H](O[Si](C)(C)C(C)(C)C)c2ccc(O)c(NS(C)(=O)=O)c2)c1. The van der Waals surface area contributed by atoms with E-state index in [0.29, 0.717) is 13.0 Å². The molecule has 1 atom stereocenters. The van der Waals surface area contributed by atoms with Crippen LogP contribution in [0.1, 0.15) is 57.4 Å². The second kappa shape index (κ2) is 12.2. The number of ether oxygens (including phenoxy) is 1. The average molecular weight is 565 g/mol. The van der Waals surface area contributed by atoms with E-state index >= 15 is 0 Å². The van der Waals surface area contributed by atoms with Gasteiger partial charge in [0.25, 0.3) is 0 Å². The molecule has 3 N–H and O–H groups in total. The van der Waals surface area contributed by atoms with E-state index in [4.69, 9.17) is 9.16 Å². The molecule has 38 heavy (non-hydrogen) atoms. The van der Waals surface area contributed by atoms with Crippen molar-refractivity contribution < 1.29 is 27.5 Å². The Morgan fingerprint density at radius 2 is 1.68 bits per heavy atom. The maximum Gasteiger partial charge on any atom is 0.309 e. The molecule has 0 aromatic heterocycles. The molecule has 0 amide bonds. The van der Waals surface area contributed by atoms with Gasteiger partial charge in [0, 0.05) is 12.1 Å². The van der Waals surface area contributed by atoms with Crippen molar-refractivity contribution in [1.29, 1.82) is 0 Å². The van der Waals surface area contributed by atoms with Crippen LogP contribution in [0.25, 0.3) is 0 Å². The Morgan fingerprint density at radius 1 is 1.05 bits per heavy atom. The number of anilines is 1. The normalized spacial score (nSPS) is 13.7. The lowest BCUT2D eigenvalue weighted by atomic mass is 9.93. The smallest absolute Gasteiger partial charge is 0.309 e. The third-order valence-corrected chi connectivity index (χ3v) is 12.0. The van der Waals surface area contributed by atoms with Gasteiger partial charge in [-0.3, -0.25) is 9.52 Å². The molecule has 2 aromatic carbocycles. The second-order valence-electron chi connectivity index (χ2n) is 12.0. The number of nitrogens with one attached hydrogen (secondary N) is 2. The molecule has 0 saturated heterocycles. The van der Waals surface area contributed by atoms with Crippen LogP contribution in [0.4, 0.5) is 5.69 Å².